The van der Waals surface area contributed by atoms with Gasteiger partial charge in [-0.2, -0.15) is 0 Å². The minimum atomic E-state index is -0.00435. The van der Waals surface area contributed by atoms with E-state index in [1.54, 1.807) is 19.4 Å². The van der Waals surface area contributed by atoms with Gasteiger partial charge in [-0.05, 0) is 24.1 Å². The Labute approximate surface area is 149 Å². The molecule has 1 N–H and O–H groups in total. The van der Waals surface area contributed by atoms with Crippen molar-refractivity contribution in [1.29, 1.82) is 0 Å². The summed E-state index contributed by atoms with van der Waals surface area (Å²) in [4.78, 5) is 31.4. The number of aromatic nitrogens is 1. The lowest BCUT2D eigenvalue weighted by Gasteiger charge is -2.29. The van der Waals surface area contributed by atoms with Crippen molar-refractivity contribution < 1.29 is 9.59 Å². The molecule has 2 rings (SSSR count). The quantitative estimate of drug-likeness (QED) is 0.839. The van der Waals surface area contributed by atoms with E-state index in [1.807, 2.05) is 17.0 Å². The van der Waals surface area contributed by atoms with Gasteiger partial charge in [0.1, 0.15) is 0 Å². The second-order valence-electron chi connectivity index (χ2n) is 5.24. The molecule has 1 aliphatic heterocycles. The highest BCUT2D eigenvalue weighted by Gasteiger charge is 2.19. The van der Waals surface area contributed by atoms with Crippen LogP contribution < -0.4 is 5.32 Å². The number of nitrogens with one attached hydrogen (secondary N) is 1. The minimum Gasteiger partial charge on any atom is -0.339 e. The maximum absolute atomic E-state index is 12.1. The van der Waals surface area contributed by atoms with Crippen LogP contribution in [-0.2, 0) is 16.0 Å². The van der Waals surface area contributed by atoms with E-state index in [0.29, 0.717) is 12.8 Å². The Bertz CT molecular complexity index is 482. The van der Waals surface area contributed by atoms with E-state index >= 15 is 0 Å². The Morgan fingerprint density at radius 3 is 2.43 bits per heavy atom. The van der Waals surface area contributed by atoms with Crippen LogP contribution in [0.15, 0.2) is 24.5 Å². The first-order valence-electron chi connectivity index (χ1n) is 7.28. The summed E-state index contributed by atoms with van der Waals surface area (Å²) < 4.78 is 0. The molecule has 1 aliphatic rings. The fraction of sp³-hybridized carbons (Fsp3) is 0.533. The number of piperazine rings is 1. The second-order valence-corrected chi connectivity index (χ2v) is 5.24. The van der Waals surface area contributed by atoms with E-state index in [4.69, 9.17) is 0 Å². The van der Waals surface area contributed by atoms with Gasteiger partial charge >= 0.3 is 0 Å². The van der Waals surface area contributed by atoms with Crippen LogP contribution in [0.5, 0.6) is 0 Å². The van der Waals surface area contributed by atoms with Crippen LogP contribution in [0.25, 0.3) is 0 Å². The SMILES string of the molecule is CN(CC(=O)N1CCNCC1)C(=O)CCc1ccncc1.Cl.Cl. The average molecular weight is 363 g/mol. The smallest absolute Gasteiger partial charge is 0.242 e. The van der Waals surface area contributed by atoms with Gasteiger partial charge in [-0.25, -0.2) is 0 Å². The zero-order valence-electron chi connectivity index (χ0n) is 13.2. The predicted molar refractivity (Wildman–Crippen MR) is 94.1 cm³/mol. The zero-order valence-corrected chi connectivity index (χ0v) is 14.9. The van der Waals surface area contributed by atoms with Crippen LogP contribution in [0, 0.1) is 0 Å². The molecular formula is C15H24Cl2N4O2. The van der Waals surface area contributed by atoms with Gasteiger partial charge in [0.2, 0.25) is 11.8 Å². The molecule has 130 valence electrons. The molecule has 0 atom stereocenters. The van der Waals surface area contributed by atoms with Gasteiger partial charge in [0.05, 0.1) is 6.54 Å². The van der Waals surface area contributed by atoms with Crippen LogP contribution in [0.3, 0.4) is 0 Å². The fourth-order valence-corrected chi connectivity index (χ4v) is 2.30. The minimum absolute atomic E-state index is 0. The van der Waals surface area contributed by atoms with Crippen molar-refractivity contribution in [3.8, 4) is 0 Å². The molecule has 0 spiro atoms. The van der Waals surface area contributed by atoms with Gasteiger partial charge in [-0.3, -0.25) is 14.6 Å². The molecule has 1 fully saturated rings. The third-order valence-electron chi connectivity index (χ3n) is 3.64. The van der Waals surface area contributed by atoms with Crippen LogP contribution in [0.4, 0.5) is 0 Å². The fourth-order valence-electron chi connectivity index (χ4n) is 2.30. The molecule has 23 heavy (non-hydrogen) atoms. The number of aryl methyl sites for hydroxylation is 1. The Balaban J connectivity index is 0.00000242. The first kappa shape index (κ1) is 21.6. The monoisotopic (exact) mass is 362 g/mol. The molecule has 0 unspecified atom stereocenters. The third-order valence-corrected chi connectivity index (χ3v) is 3.64. The van der Waals surface area contributed by atoms with Crippen LogP contribution in [0.1, 0.15) is 12.0 Å². The Hall–Kier alpha value is -1.37. The standard InChI is InChI=1S/C15H22N4O2.2ClH/c1-18(12-15(21)19-10-8-17-9-11-19)14(20)3-2-13-4-6-16-7-5-13;;/h4-7,17H,2-3,8-12H2,1H3;2*1H. The van der Waals surface area contributed by atoms with Crippen molar-refractivity contribution in [2.45, 2.75) is 12.8 Å². The van der Waals surface area contributed by atoms with Crippen molar-refractivity contribution >= 4 is 36.6 Å². The van der Waals surface area contributed by atoms with Crippen LogP contribution in [-0.4, -0.2) is 66.4 Å². The van der Waals surface area contributed by atoms with E-state index in [9.17, 15) is 9.59 Å². The number of pyridine rings is 1. The first-order chi connectivity index (χ1) is 10.2. The molecule has 2 amide bonds. The van der Waals surface area contributed by atoms with Crippen molar-refractivity contribution in [2.75, 3.05) is 39.8 Å². The topological polar surface area (TPSA) is 65.5 Å². The maximum Gasteiger partial charge on any atom is 0.242 e. The molecule has 0 bridgehead atoms. The average Bonchev–Trinajstić information content (AvgIpc) is 2.54. The summed E-state index contributed by atoms with van der Waals surface area (Å²) in [6, 6.07) is 3.80. The number of hydrogen-bond acceptors (Lipinski definition) is 4. The van der Waals surface area contributed by atoms with Crippen molar-refractivity contribution in [3.63, 3.8) is 0 Å². The number of likely N-dealkylation sites (N-methyl/N-ethyl adjacent to an activating group) is 1. The first-order valence-corrected chi connectivity index (χ1v) is 7.28. The van der Waals surface area contributed by atoms with Gasteiger partial charge in [-0.15, -0.1) is 24.8 Å². The molecular weight excluding hydrogens is 339 g/mol. The van der Waals surface area contributed by atoms with Gasteiger partial charge < -0.3 is 15.1 Å². The number of amides is 2. The number of rotatable bonds is 5. The maximum atomic E-state index is 12.1. The normalized spacial score (nSPS) is 13.5. The molecule has 1 aromatic rings. The van der Waals surface area contributed by atoms with E-state index in [1.165, 1.54) is 4.90 Å². The van der Waals surface area contributed by atoms with Gasteiger partial charge in [0.15, 0.2) is 0 Å². The summed E-state index contributed by atoms with van der Waals surface area (Å²) in [5.41, 5.74) is 1.08. The lowest BCUT2D eigenvalue weighted by atomic mass is 10.1. The lowest BCUT2D eigenvalue weighted by molar-refractivity contribution is -0.139. The van der Waals surface area contributed by atoms with Crippen molar-refractivity contribution in [2.24, 2.45) is 0 Å². The van der Waals surface area contributed by atoms with Crippen molar-refractivity contribution in [3.05, 3.63) is 30.1 Å². The number of hydrogen-bond donors (Lipinski definition) is 1. The molecule has 1 saturated heterocycles. The molecule has 0 saturated carbocycles. The summed E-state index contributed by atoms with van der Waals surface area (Å²) in [6.07, 6.45) is 4.53. The highest BCUT2D eigenvalue weighted by atomic mass is 35.5. The highest BCUT2D eigenvalue weighted by Crippen LogP contribution is 2.03. The van der Waals surface area contributed by atoms with Crippen LogP contribution >= 0.6 is 24.8 Å². The highest BCUT2D eigenvalue weighted by molar-refractivity contribution is 5.86. The number of carbonyl (C=O) groups excluding carboxylic acids is 2. The molecule has 0 aromatic carbocycles. The third kappa shape index (κ3) is 7.16. The summed E-state index contributed by atoms with van der Waals surface area (Å²) in [7, 11) is 1.69. The molecule has 0 aliphatic carbocycles. The molecule has 0 radical (unpaired) electrons. The Morgan fingerprint density at radius 2 is 1.83 bits per heavy atom. The number of nitrogens with zero attached hydrogens (tertiary/aromatic N) is 3. The lowest BCUT2D eigenvalue weighted by Crippen LogP contribution is -2.49. The number of halogens is 2. The summed E-state index contributed by atoms with van der Waals surface area (Å²) in [6.45, 7) is 3.25. The summed E-state index contributed by atoms with van der Waals surface area (Å²) >= 11 is 0. The van der Waals surface area contributed by atoms with Crippen LogP contribution in [0.2, 0.25) is 0 Å². The van der Waals surface area contributed by atoms with E-state index in [2.05, 4.69) is 10.3 Å². The molecule has 2 heterocycles. The summed E-state index contributed by atoms with van der Waals surface area (Å²) in [5, 5.41) is 3.20. The van der Waals surface area contributed by atoms with Gasteiger partial charge in [0.25, 0.3) is 0 Å². The second kappa shape index (κ2) is 11.2. The van der Waals surface area contributed by atoms with E-state index in [0.717, 1.165) is 31.7 Å². The Morgan fingerprint density at radius 1 is 1.22 bits per heavy atom. The van der Waals surface area contributed by atoms with E-state index < -0.39 is 0 Å². The predicted octanol–water partition coefficient (Wildman–Crippen LogP) is 0.748. The largest absolute Gasteiger partial charge is 0.339 e. The number of carbonyl (C=O) groups is 2. The molecule has 8 heteroatoms. The van der Waals surface area contributed by atoms with Gasteiger partial charge in [0, 0.05) is 52.0 Å². The molecule has 6 nitrogen and oxygen atoms in total. The zero-order chi connectivity index (χ0) is 15.1. The van der Waals surface area contributed by atoms with Crippen molar-refractivity contribution in [1.82, 2.24) is 20.1 Å². The molecule has 1 aromatic heterocycles. The Kier molecular flexibility index (Phi) is 10.5. The summed E-state index contributed by atoms with van der Waals surface area (Å²) in [5.74, 6) is 0.0200. The van der Waals surface area contributed by atoms with Gasteiger partial charge in [-0.1, -0.05) is 0 Å². The van der Waals surface area contributed by atoms with E-state index in [-0.39, 0.29) is 43.2 Å².